The van der Waals surface area contributed by atoms with Gasteiger partial charge >= 0.3 is 0 Å². The average Bonchev–Trinajstić information content (AvgIpc) is 3.14. The number of aliphatic hydroxyl groups excluding tert-OH is 1. The minimum absolute atomic E-state index is 0.0474. The van der Waals surface area contributed by atoms with Crippen molar-refractivity contribution in [3.63, 3.8) is 0 Å². The Hall–Kier alpha value is -3.33. The number of rotatable bonds is 6. The van der Waals surface area contributed by atoms with Crippen molar-refractivity contribution < 1.29 is 14.6 Å². The highest BCUT2D eigenvalue weighted by Crippen LogP contribution is 2.40. The number of aliphatic hydroxyl groups is 1. The van der Waals surface area contributed by atoms with Crippen LogP contribution in [0, 0.1) is 0 Å². The molecule has 0 aliphatic carbocycles. The number of anilines is 2. The molecule has 0 fully saturated rings. The maximum absolute atomic E-state index is 8.97. The van der Waals surface area contributed by atoms with E-state index in [2.05, 4.69) is 20.4 Å². The van der Waals surface area contributed by atoms with E-state index >= 15 is 0 Å². The highest BCUT2D eigenvalue weighted by molar-refractivity contribution is 6.36. The topological polar surface area (TPSA) is 93.8 Å². The number of halogens is 2. The van der Waals surface area contributed by atoms with Gasteiger partial charge in [0.25, 0.3) is 0 Å². The van der Waals surface area contributed by atoms with E-state index in [-0.39, 0.29) is 13.2 Å². The van der Waals surface area contributed by atoms with E-state index < -0.39 is 0 Å². The van der Waals surface area contributed by atoms with Gasteiger partial charge in [-0.2, -0.15) is 5.10 Å². The van der Waals surface area contributed by atoms with E-state index in [0.29, 0.717) is 51.7 Å². The molecule has 34 heavy (non-hydrogen) atoms. The number of ether oxygens (including phenoxy) is 2. The van der Waals surface area contributed by atoms with Crippen molar-refractivity contribution in [3.8, 4) is 22.6 Å². The van der Waals surface area contributed by atoms with Gasteiger partial charge in [0.2, 0.25) is 0 Å². The molecule has 0 radical (unpaired) electrons. The number of aliphatic imine (C=N–C) groups is 1. The van der Waals surface area contributed by atoms with E-state index in [1.807, 2.05) is 43.4 Å². The summed E-state index contributed by atoms with van der Waals surface area (Å²) in [4.78, 5) is 8.77. The Morgan fingerprint density at radius 2 is 1.97 bits per heavy atom. The van der Waals surface area contributed by atoms with Crippen LogP contribution in [0.3, 0.4) is 0 Å². The summed E-state index contributed by atoms with van der Waals surface area (Å²) in [5.74, 6) is 1.96. The molecule has 4 aromatic rings. The van der Waals surface area contributed by atoms with Crippen molar-refractivity contribution >= 4 is 52.0 Å². The first-order valence-corrected chi connectivity index (χ1v) is 11.4. The third-order valence-electron chi connectivity index (χ3n) is 5.35. The fourth-order valence-electron chi connectivity index (χ4n) is 3.74. The standard InChI is InChI=1S/C24H21Cl2N5O3/c1-31-19-12-16(25)18(13-27-7-8-32)28-23(19)24(30-31)29-17-4-2-3-15(22(17)26)14-5-6-20-21(11-14)34-10-9-33-20/h2-6,11-13,32H,7-10H2,1H3,(H,29,30). The van der Waals surface area contributed by atoms with Crippen LogP contribution in [0.4, 0.5) is 11.5 Å². The number of aryl methyl sites for hydroxylation is 1. The van der Waals surface area contributed by atoms with Crippen molar-refractivity contribution in [1.82, 2.24) is 14.8 Å². The predicted molar refractivity (Wildman–Crippen MR) is 134 cm³/mol. The van der Waals surface area contributed by atoms with Gasteiger partial charge in [-0.3, -0.25) is 9.67 Å². The van der Waals surface area contributed by atoms with Gasteiger partial charge in [-0.05, 0) is 29.8 Å². The van der Waals surface area contributed by atoms with Gasteiger partial charge in [-0.25, -0.2) is 4.98 Å². The summed E-state index contributed by atoms with van der Waals surface area (Å²) in [5.41, 5.74) is 4.31. The lowest BCUT2D eigenvalue weighted by molar-refractivity contribution is 0.171. The van der Waals surface area contributed by atoms with Gasteiger partial charge in [0, 0.05) is 18.8 Å². The fourth-order valence-corrected chi connectivity index (χ4v) is 4.22. The summed E-state index contributed by atoms with van der Waals surface area (Å²) < 4.78 is 13.0. The highest BCUT2D eigenvalue weighted by Gasteiger charge is 2.18. The molecular formula is C24H21Cl2N5O3. The Balaban J connectivity index is 1.51. The van der Waals surface area contributed by atoms with Gasteiger partial charge in [-0.1, -0.05) is 41.4 Å². The molecule has 10 heteroatoms. The number of hydrogen-bond acceptors (Lipinski definition) is 7. The van der Waals surface area contributed by atoms with Gasteiger partial charge in [0.15, 0.2) is 17.3 Å². The molecule has 0 spiro atoms. The molecule has 3 heterocycles. The molecule has 0 saturated carbocycles. The van der Waals surface area contributed by atoms with E-state index in [9.17, 15) is 0 Å². The van der Waals surface area contributed by atoms with Gasteiger partial charge in [0.05, 0.1) is 34.4 Å². The minimum atomic E-state index is -0.0474. The fraction of sp³-hybridized carbons (Fsp3) is 0.208. The lowest BCUT2D eigenvalue weighted by atomic mass is 10.0. The molecule has 0 unspecified atom stereocenters. The third-order valence-corrected chi connectivity index (χ3v) is 6.06. The van der Waals surface area contributed by atoms with Crippen LogP contribution < -0.4 is 14.8 Å². The number of aromatic nitrogens is 3. The first-order chi connectivity index (χ1) is 16.5. The quantitative estimate of drug-likeness (QED) is 0.369. The maximum Gasteiger partial charge on any atom is 0.179 e. The zero-order valence-corrected chi connectivity index (χ0v) is 19.8. The second-order valence-electron chi connectivity index (χ2n) is 7.60. The van der Waals surface area contributed by atoms with Crippen LogP contribution in [-0.4, -0.2) is 52.5 Å². The van der Waals surface area contributed by atoms with E-state index in [4.69, 9.17) is 37.8 Å². The van der Waals surface area contributed by atoms with E-state index in [1.54, 1.807) is 17.0 Å². The molecule has 0 atom stereocenters. The molecule has 2 aromatic heterocycles. The lowest BCUT2D eigenvalue weighted by Gasteiger charge is -2.19. The average molecular weight is 498 g/mol. The molecule has 2 aromatic carbocycles. The molecule has 0 amide bonds. The third kappa shape index (κ3) is 4.27. The Bertz CT molecular complexity index is 1400. The van der Waals surface area contributed by atoms with Crippen molar-refractivity contribution in [2.45, 2.75) is 0 Å². The highest BCUT2D eigenvalue weighted by atomic mass is 35.5. The predicted octanol–water partition coefficient (Wildman–Crippen LogP) is 4.87. The van der Waals surface area contributed by atoms with Crippen LogP contribution in [0.2, 0.25) is 10.0 Å². The minimum Gasteiger partial charge on any atom is -0.486 e. The van der Waals surface area contributed by atoms with Crippen LogP contribution >= 0.6 is 23.2 Å². The van der Waals surface area contributed by atoms with Gasteiger partial charge in [0.1, 0.15) is 24.4 Å². The molecule has 5 rings (SSSR count). The Labute approximate surface area is 205 Å². The summed E-state index contributed by atoms with van der Waals surface area (Å²) in [6, 6.07) is 13.3. The van der Waals surface area contributed by atoms with Crippen molar-refractivity contribution in [2.75, 3.05) is 31.7 Å². The second kappa shape index (κ2) is 9.50. The molecular weight excluding hydrogens is 477 g/mol. The van der Waals surface area contributed by atoms with E-state index in [0.717, 1.165) is 22.4 Å². The monoisotopic (exact) mass is 497 g/mol. The van der Waals surface area contributed by atoms with Crippen molar-refractivity contribution in [3.05, 3.63) is 58.2 Å². The first-order valence-electron chi connectivity index (χ1n) is 10.6. The summed E-state index contributed by atoms with van der Waals surface area (Å²) in [5, 5.41) is 17.8. The van der Waals surface area contributed by atoms with Crippen LogP contribution in [0.15, 0.2) is 47.5 Å². The van der Waals surface area contributed by atoms with E-state index in [1.165, 1.54) is 0 Å². The van der Waals surface area contributed by atoms with Gasteiger partial charge < -0.3 is 19.9 Å². The molecule has 8 nitrogen and oxygen atoms in total. The largest absolute Gasteiger partial charge is 0.486 e. The smallest absolute Gasteiger partial charge is 0.179 e. The van der Waals surface area contributed by atoms with Crippen molar-refractivity contribution in [2.24, 2.45) is 12.0 Å². The molecule has 2 N–H and O–H groups in total. The summed E-state index contributed by atoms with van der Waals surface area (Å²) >= 11 is 13.2. The Kier molecular flexibility index (Phi) is 6.28. The molecule has 174 valence electrons. The number of hydrogen-bond donors (Lipinski definition) is 2. The Morgan fingerprint density at radius 1 is 1.15 bits per heavy atom. The zero-order chi connectivity index (χ0) is 23.7. The number of nitrogens with zero attached hydrogens (tertiary/aromatic N) is 4. The normalized spacial score (nSPS) is 13.1. The van der Waals surface area contributed by atoms with Crippen LogP contribution in [0.1, 0.15) is 5.69 Å². The maximum atomic E-state index is 8.97. The lowest BCUT2D eigenvalue weighted by Crippen LogP contribution is -2.15. The van der Waals surface area contributed by atoms with Crippen LogP contribution in [0.5, 0.6) is 11.5 Å². The molecule has 0 bridgehead atoms. The first kappa shape index (κ1) is 22.5. The molecule has 1 aliphatic rings. The molecule has 0 saturated heterocycles. The van der Waals surface area contributed by atoms with Crippen LogP contribution in [0.25, 0.3) is 22.2 Å². The number of nitrogens with one attached hydrogen (secondary N) is 1. The summed E-state index contributed by atoms with van der Waals surface area (Å²) in [6.07, 6.45) is 1.55. The number of benzene rings is 2. The van der Waals surface area contributed by atoms with Crippen molar-refractivity contribution in [1.29, 1.82) is 0 Å². The summed E-state index contributed by atoms with van der Waals surface area (Å²) in [6.45, 7) is 1.28. The zero-order valence-electron chi connectivity index (χ0n) is 18.3. The second-order valence-corrected chi connectivity index (χ2v) is 8.39. The Morgan fingerprint density at radius 3 is 2.79 bits per heavy atom. The van der Waals surface area contributed by atoms with Gasteiger partial charge in [-0.15, -0.1) is 0 Å². The summed E-state index contributed by atoms with van der Waals surface area (Å²) in [7, 11) is 1.82. The number of pyridine rings is 1. The molecule has 1 aliphatic heterocycles. The number of fused-ring (bicyclic) bond motifs is 2. The SMILES string of the molecule is Cn1nc(Nc2cccc(-c3ccc4c(c3)OCCO4)c2Cl)c2nc(C=NCCO)c(Cl)cc21. The van der Waals surface area contributed by atoms with Crippen LogP contribution in [-0.2, 0) is 7.05 Å².